The average Bonchev–Trinajstić information content (AvgIpc) is 2.96. The van der Waals surface area contributed by atoms with Crippen LogP contribution in [0.5, 0.6) is 0 Å². The normalized spacial score (nSPS) is 31.0. The monoisotopic (exact) mass is 416 g/mol. The van der Waals surface area contributed by atoms with Crippen molar-refractivity contribution in [2.45, 2.75) is 26.9 Å². The highest BCUT2D eigenvalue weighted by molar-refractivity contribution is 6.26. The molecule has 1 aromatic carbocycles. The maximum absolute atomic E-state index is 13.4. The van der Waals surface area contributed by atoms with E-state index in [1.165, 1.54) is 31.2 Å². The quantitative estimate of drug-likeness (QED) is 0.398. The van der Waals surface area contributed by atoms with Crippen molar-refractivity contribution >= 4 is 35.1 Å². The molecular weight excluding hydrogens is 396 g/mol. The Hall–Kier alpha value is -3.08. The van der Waals surface area contributed by atoms with Gasteiger partial charge in [0.25, 0.3) is 0 Å². The van der Waals surface area contributed by atoms with Crippen molar-refractivity contribution in [2.75, 3.05) is 11.5 Å². The Morgan fingerprint density at radius 1 is 1.30 bits per heavy atom. The molecule has 3 heterocycles. The van der Waals surface area contributed by atoms with E-state index >= 15 is 0 Å². The van der Waals surface area contributed by atoms with Gasteiger partial charge >= 0.3 is 11.9 Å². The first-order valence-electron chi connectivity index (χ1n) is 9.45. The number of anilines is 1. The van der Waals surface area contributed by atoms with E-state index in [-0.39, 0.29) is 23.6 Å². The third-order valence-electron chi connectivity index (χ3n) is 6.15. The van der Waals surface area contributed by atoms with Crippen LogP contribution in [0.25, 0.3) is 0 Å². The van der Waals surface area contributed by atoms with Gasteiger partial charge in [-0.3, -0.25) is 14.4 Å². The van der Waals surface area contributed by atoms with Crippen LogP contribution in [0.4, 0.5) is 11.4 Å². The van der Waals surface area contributed by atoms with Crippen LogP contribution in [0.3, 0.4) is 0 Å². The number of benzene rings is 1. The molecule has 5 rings (SSSR count). The smallest absolute Gasteiger partial charge is 0.335 e. The number of nitrogens with zero attached hydrogens (tertiary/aromatic N) is 1. The number of carbonyl (C=O) groups is 4. The standard InChI is InChI=1S/C20H20N2O8/c1-4-29-18(25)13-9(2)15-12-14(20(13,3)19(26)30-15)17(24)21(16(12)23)10-7-5-6-8-11(10)22(27)28/h5-8,12,14-15,22,27H,4H2,1-3H3/t12-,14+,15+,20+/m0/s1. The summed E-state index contributed by atoms with van der Waals surface area (Å²) in [7, 11) is 0. The Balaban J connectivity index is 1.87. The molecule has 30 heavy (non-hydrogen) atoms. The molecule has 0 radical (unpaired) electrons. The highest BCUT2D eigenvalue weighted by Crippen LogP contribution is 2.58. The number of para-hydroxylation sites is 2. The average molecular weight is 416 g/mol. The molecule has 2 bridgehead atoms. The summed E-state index contributed by atoms with van der Waals surface area (Å²) in [5.41, 5.74) is -1.62. The minimum atomic E-state index is -1.71. The zero-order valence-corrected chi connectivity index (χ0v) is 16.5. The molecule has 2 N–H and O–H groups in total. The number of hydrogen-bond acceptors (Lipinski definition) is 8. The predicted octanol–water partition coefficient (Wildman–Crippen LogP) is 0.0205. The van der Waals surface area contributed by atoms with Gasteiger partial charge in [-0.1, -0.05) is 12.1 Å². The molecule has 5 atom stereocenters. The summed E-state index contributed by atoms with van der Waals surface area (Å²) < 4.78 is 10.5. The second-order valence-corrected chi connectivity index (χ2v) is 7.64. The number of carbonyl (C=O) groups excluding carboxylic acids is 4. The van der Waals surface area contributed by atoms with E-state index in [1.807, 2.05) is 0 Å². The molecule has 1 unspecified atom stereocenters. The van der Waals surface area contributed by atoms with Crippen molar-refractivity contribution in [1.82, 2.24) is 0 Å². The Morgan fingerprint density at radius 3 is 2.60 bits per heavy atom. The summed E-state index contributed by atoms with van der Waals surface area (Å²) in [6.45, 7) is 4.66. The third-order valence-corrected chi connectivity index (χ3v) is 6.15. The molecule has 158 valence electrons. The van der Waals surface area contributed by atoms with Gasteiger partial charge in [0, 0.05) is 6.07 Å². The maximum Gasteiger partial charge on any atom is 0.335 e. The van der Waals surface area contributed by atoms with Crippen molar-refractivity contribution in [3.05, 3.63) is 40.6 Å². The number of hydrogen-bond donors (Lipinski definition) is 2. The summed E-state index contributed by atoms with van der Waals surface area (Å²) in [5.74, 6) is -5.15. The van der Waals surface area contributed by atoms with Crippen LogP contribution >= 0.6 is 0 Å². The summed E-state index contributed by atoms with van der Waals surface area (Å²) in [6, 6.07) is 5.63. The lowest BCUT2D eigenvalue weighted by molar-refractivity contribution is -0.990. The van der Waals surface area contributed by atoms with Crippen LogP contribution < -0.4 is 10.1 Å². The number of ether oxygens (including phenoxy) is 2. The fraction of sp³-hybridized carbons (Fsp3) is 0.400. The van der Waals surface area contributed by atoms with E-state index in [0.717, 1.165) is 4.90 Å². The minimum Gasteiger partial charge on any atom is -0.595 e. The van der Waals surface area contributed by atoms with Crippen LogP contribution in [0.1, 0.15) is 20.8 Å². The van der Waals surface area contributed by atoms with Crippen molar-refractivity contribution in [3.63, 3.8) is 0 Å². The Bertz CT molecular complexity index is 1020. The first-order chi connectivity index (χ1) is 14.2. The number of rotatable bonds is 4. The molecule has 2 saturated heterocycles. The molecule has 0 aromatic heterocycles. The molecule has 1 aliphatic carbocycles. The molecule has 3 aliphatic heterocycles. The van der Waals surface area contributed by atoms with Crippen LogP contribution in [0.2, 0.25) is 0 Å². The summed E-state index contributed by atoms with van der Waals surface area (Å²) in [6.07, 6.45) is -1.10. The summed E-state index contributed by atoms with van der Waals surface area (Å²) >= 11 is 0. The van der Waals surface area contributed by atoms with E-state index in [9.17, 15) is 29.6 Å². The van der Waals surface area contributed by atoms with Gasteiger partial charge in [-0.25, -0.2) is 14.9 Å². The van der Waals surface area contributed by atoms with E-state index < -0.39 is 52.3 Å². The molecular formula is C20H20N2O8. The molecule has 0 spiro atoms. The van der Waals surface area contributed by atoms with Crippen molar-refractivity contribution < 1.29 is 39.1 Å². The highest BCUT2D eigenvalue weighted by atomic mass is 16.8. The second kappa shape index (κ2) is 6.73. The number of quaternary nitrogens is 1. The molecule has 2 amide bonds. The summed E-state index contributed by atoms with van der Waals surface area (Å²) in [4.78, 5) is 53.0. The topological polar surface area (TPSA) is 138 Å². The molecule has 10 nitrogen and oxygen atoms in total. The van der Waals surface area contributed by atoms with Crippen LogP contribution in [-0.4, -0.2) is 41.7 Å². The largest absolute Gasteiger partial charge is 0.595 e. The van der Waals surface area contributed by atoms with Crippen molar-refractivity contribution in [2.24, 2.45) is 17.3 Å². The van der Waals surface area contributed by atoms with Gasteiger partial charge in [0.2, 0.25) is 11.8 Å². The SMILES string of the molecule is CCOC(=O)C1=C(C)[C@H]2OC(=O)[C@@]1(C)[C@H]1C(=O)N(c3ccccc3[NH+]([O-])O)C(=O)[C@H]21. The number of nitrogens with one attached hydrogen (secondary N) is 1. The number of esters is 2. The Labute approximate surface area is 171 Å². The minimum absolute atomic E-state index is 0.0290. The number of imide groups is 1. The molecule has 1 aromatic rings. The van der Waals surface area contributed by atoms with Gasteiger partial charge < -0.3 is 14.7 Å². The lowest BCUT2D eigenvalue weighted by atomic mass is 9.57. The second-order valence-electron chi connectivity index (χ2n) is 7.64. The fourth-order valence-electron chi connectivity index (χ4n) is 4.87. The Morgan fingerprint density at radius 2 is 1.97 bits per heavy atom. The first-order valence-corrected chi connectivity index (χ1v) is 9.45. The molecule has 4 aliphatic rings. The van der Waals surface area contributed by atoms with Gasteiger partial charge in [-0.2, -0.15) is 5.23 Å². The third kappa shape index (κ3) is 2.41. The molecule has 0 saturated carbocycles. The number of amides is 2. The van der Waals surface area contributed by atoms with Crippen molar-refractivity contribution in [3.8, 4) is 0 Å². The summed E-state index contributed by atoms with van der Waals surface area (Å²) in [5, 5.41) is 19.8. The zero-order chi connectivity index (χ0) is 22.0. The lowest BCUT2D eigenvalue weighted by Gasteiger charge is -2.48. The maximum atomic E-state index is 13.4. The van der Waals surface area contributed by atoms with E-state index in [4.69, 9.17) is 9.47 Å². The number of fused-ring (bicyclic) bond motifs is 1. The Kier molecular flexibility index (Phi) is 4.53. The van der Waals surface area contributed by atoms with Crippen LogP contribution in [-0.2, 0) is 28.7 Å². The molecule has 2 fully saturated rings. The first kappa shape index (κ1) is 20.2. The van der Waals surface area contributed by atoms with Gasteiger partial charge in [-0.15, -0.1) is 0 Å². The van der Waals surface area contributed by atoms with Gasteiger partial charge in [0.05, 0.1) is 24.0 Å². The highest BCUT2D eigenvalue weighted by Gasteiger charge is 2.71. The van der Waals surface area contributed by atoms with E-state index in [1.54, 1.807) is 13.8 Å². The van der Waals surface area contributed by atoms with E-state index in [0.29, 0.717) is 5.57 Å². The fourth-order valence-corrected chi connectivity index (χ4v) is 4.87. The van der Waals surface area contributed by atoms with Gasteiger partial charge in [-0.05, 0) is 32.4 Å². The predicted molar refractivity (Wildman–Crippen MR) is 99.0 cm³/mol. The zero-order valence-electron chi connectivity index (χ0n) is 16.5. The lowest BCUT2D eigenvalue weighted by Crippen LogP contribution is -2.99. The van der Waals surface area contributed by atoms with E-state index in [2.05, 4.69) is 0 Å². The van der Waals surface area contributed by atoms with Gasteiger partial charge in [0.15, 0.2) is 5.69 Å². The van der Waals surface area contributed by atoms with Gasteiger partial charge in [0.1, 0.15) is 17.2 Å². The van der Waals surface area contributed by atoms with Crippen molar-refractivity contribution in [1.29, 1.82) is 0 Å². The van der Waals surface area contributed by atoms with Crippen LogP contribution in [0, 0.1) is 22.5 Å². The molecule has 10 heteroatoms. The van der Waals surface area contributed by atoms with Crippen LogP contribution in [0.15, 0.2) is 35.4 Å².